The summed E-state index contributed by atoms with van der Waals surface area (Å²) in [7, 11) is 0. The molecule has 22 heavy (non-hydrogen) atoms. The van der Waals surface area contributed by atoms with E-state index in [0.29, 0.717) is 6.10 Å². The van der Waals surface area contributed by atoms with Gasteiger partial charge in [0.1, 0.15) is 0 Å². The van der Waals surface area contributed by atoms with E-state index in [1.54, 1.807) is 11.3 Å². The molecule has 1 aliphatic carbocycles. The van der Waals surface area contributed by atoms with Gasteiger partial charge in [-0.05, 0) is 45.6 Å². The Bertz CT molecular complexity index is 665. The number of aromatic nitrogens is 2. The Labute approximate surface area is 135 Å². The van der Waals surface area contributed by atoms with Gasteiger partial charge in [0.25, 0.3) is 0 Å². The zero-order chi connectivity index (χ0) is 15.1. The van der Waals surface area contributed by atoms with Gasteiger partial charge in [-0.25, -0.2) is 4.98 Å². The van der Waals surface area contributed by atoms with Crippen molar-refractivity contribution in [1.82, 2.24) is 9.55 Å². The second-order valence-corrected chi connectivity index (χ2v) is 7.30. The van der Waals surface area contributed by atoms with E-state index in [9.17, 15) is 0 Å². The van der Waals surface area contributed by atoms with Crippen LogP contribution in [0.5, 0.6) is 0 Å². The molecular weight excluding hydrogens is 294 g/mol. The highest BCUT2D eigenvalue weighted by Gasteiger charge is 2.27. The highest BCUT2D eigenvalue weighted by atomic mass is 32.1. The van der Waals surface area contributed by atoms with Crippen LogP contribution in [0.25, 0.3) is 11.3 Å². The van der Waals surface area contributed by atoms with Gasteiger partial charge in [-0.3, -0.25) is 0 Å². The van der Waals surface area contributed by atoms with Crippen LogP contribution in [0.1, 0.15) is 43.1 Å². The number of hydrogen-bond acceptors (Lipinski definition) is 4. The number of hydrogen-bond donors (Lipinski definition) is 1. The van der Waals surface area contributed by atoms with Crippen LogP contribution < -0.4 is 5.32 Å². The molecule has 2 aromatic heterocycles. The summed E-state index contributed by atoms with van der Waals surface area (Å²) in [6.07, 6.45) is 5.34. The molecule has 3 heterocycles. The lowest BCUT2D eigenvalue weighted by atomic mass is 10.2. The van der Waals surface area contributed by atoms with Gasteiger partial charge >= 0.3 is 0 Å². The minimum Gasteiger partial charge on any atom is -0.376 e. The number of nitrogens with one attached hydrogen (secondary N) is 1. The number of thiazole rings is 1. The number of ether oxygens (including phenoxy) is 1. The second-order valence-electron chi connectivity index (χ2n) is 6.44. The molecule has 0 bridgehead atoms. The van der Waals surface area contributed by atoms with Crippen molar-refractivity contribution in [3.8, 4) is 11.3 Å². The largest absolute Gasteiger partial charge is 0.376 e. The highest BCUT2D eigenvalue weighted by Crippen LogP contribution is 2.40. The van der Waals surface area contributed by atoms with Gasteiger partial charge in [0.2, 0.25) is 0 Å². The van der Waals surface area contributed by atoms with Gasteiger partial charge in [0.05, 0.1) is 11.8 Å². The van der Waals surface area contributed by atoms with E-state index in [-0.39, 0.29) is 0 Å². The van der Waals surface area contributed by atoms with Crippen LogP contribution in [0.2, 0.25) is 0 Å². The third kappa shape index (κ3) is 2.68. The summed E-state index contributed by atoms with van der Waals surface area (Å²) < 4.78 is 8.13. The lowest BCUT2D eigenvalue weighted by molar-refractivity contribution is 0.120. The van der Waals surface area contributed by atoms with E-state index >= 15 is 0 Å². The zero-order valence-corrected chi connectivity index (χ0v) is 14.1. The molecular formula is C17H23N3OS. The topological polar surface area (TPSA) is 39.1 Å². The number of nitrogens with zero attached hydrogens (tertiary/aromatic N) is 2. The molecule has 0 aromatic carbocycles. The molecule has 0 amide bonds. The maximum Gasteiger partial charge on any atom is 0.183 e. The molecule has 1 unspecified atom stereocenters. The van der Waals surface area contributed by atoms with Gasteiger partial charge in [-0.15, -0.1) is 11.3 Å². The number of aryl methyl sites for hydroxylation is 1. The fourth-order valence-corrected chi connectivity index (χ4v) is 4.14. The van der Waals surface area contributed by atoms with Crippen LogP contribution in [-0.2, 0) is 4.74 Å². The smallest absolute Gasteiger partial charge is 0.183 e. The number of anilines is 1. The van der Waals surface area contributed by atoms with Crippen molar-refractivity contribution in [2.75, 3.05) is 18.5 Å². The third-order valence-electron chi connectivity index (χ3n) is 4.68. The molecule has 2 aromatic rings. The van der Waals surface area contributed by atoms with Gasteiger partial charge in [0.15, 0.2) is 5.13 Å². The fourth-order valence-electron chi connectivity index (χ4n) is 3.42. The monoisotopic (exact) mass is 317 g/mol. The molecule has 118 valence electrons. The molecule has 1 saturated carbocycles. The highest BCUT2D eigenvalue weighted by molar-refractivity contribution is 7.14. The Kier molecular flexibility index (Phi) is 3.70. The van der Waals surface area contributed by atoms with Crippen LogP contribution in [-0.4, -0.2) is 28.8 Å². The summed E-state index contributed by atoms with van der Waals surface area (Å²) >= 11 is 1.69. The molecule has 4 nitrogen and oxygen atoms in total. The first-order valence-electron chi connectivity index (χ1n) is 8.22. The van der Waals surface area contributed by atoms with Gasteiger partial charge in [-0.2, -0.15) is 0 Å². The lowest BCUT2D eigenvalue weighted by Gasteiger charge is -2.09. The molecule has 1 atom stereocenters. The predicted molar refractivity (Wildman–Crippen MR) is 90.7 cm³/mol. The zero-order valence-electron chi connectivity index (χ0n) is 13.3. The summed E-state index contributed by atoms with van der Waals surface area (Å²) in [5.41, 5.74) is 5.10. The van der Waals surface area contributed by atoms with Crippen molar-refractivity contribution >= 4 is 16.5 Å². The lowest BCUT2D eigenvalue weighted by Crippen LogP contribution is -2.18. The second kappa shape index (κ2) is 5.70. The van der Waals surface area contributed by atoms with Crippen molar-refractivity contribution in [3.05, 3.63) is 22.8 Å². The van der Waals surface area contributed by atoms with Crippen molar-refractivity contribution in [2.45, 2.75) is 51.7 Å². The van der Waals surface area contributed by atoms with Gasteiger partial charge < -0.3 is 14.6 Å². The van der Waals surface area contributed by atoms with Gasteiger partial charge in [0, 0.05) is 41.5 Å². The predicted octanol–water partition coefficient (Wildman–Crippen LogP) is 4.15. The number of rotatable bonds is 5. The summed E-state index contributed by atoms with van der Waals surface area (Å²) in [4.78, 5) is 4.77. The Hall–Kier alpha value is -1.33. The van der Waals surface area contributed by atoms with E-state index < -0.39 is 0 Å². The standard InChI is InChI=1S/C17H23N3OS/c1-11-8-15(12(2)20(11)13-5-6-13)16-10-22-17(19-16)18-9-14-4-3-7-21-14/h8,10,13-14H,3-7,9H2,1-2H3,(H,18,19). The molecule has 2 aliphatic rings. The van der Waals surface area contributed by atoms with Crippen LogP contribution in [0.3, 0.4) is 0 Å². The average Bonchev–Trinajstić information content (AvgIpc) is 2.92. The molecule has 5 heteroatoms. The first kappa shape index (κ1) is 14.3. The van der Waals surface area contributed by atoms with Gasteiger partial charge in [-0.1, -0.05) is 0 Å². The molecule has 0 spiro atoms. The van der Waals surface area contributed by atoms with E-state index in [2.05, 4.69) is 35.2 Å². The van der Waals surface area contributed by atoms with Crippen molar-refractivity contribution in [1.29, 1.82) is 0 Å². The van der Waals surface area contributed by atoms with E-state index in [1.165, 1.54) is 36.2 Å². The quantitative estimate of drug-likeness (QED) is 0.900. The summed E-state index contributed by atoms with van der Waals surface area (Å²) in [5.74, 6) is 0. The average molecular weight is 317 g/mol. The Morgan fingerprint density at radius 3 is 2.95 bits per heavy atom. The van der Waals surface area contributed by atoms with Crippen LogP contribution in [0.15, 0.2) is 11.4 Å². The first-order valence-corrected chi connectivity index (χ1v) is 9.10. The maximum atomic E-state index is 5.65. The van der Waals surface area contributed by atoms with Crippen molar-refractivity contribution in [2.24, 2.45) is 0 Å². The van der Waals surface area contributed by atoms with E-state index in [4.69, 9.17) is 9.72 Å². The Morgan fingerprint density at radius 1 is 1.36 bits per heavy atom. The maximum absolute atomic E-state index is 5.65. The minimum atomic E-state index is 0.354. The SMILES string of the molecule is Cc1cc(-c2csc(NCC3CCCO3)n2)c(C)n1C1CC1. The van der Waals surface area contributed by atoms with Crippen molar-refractivity contribution < 1.29 is 4.74 Å². The van der Waals surface area contributed by atoms with Crippen LogP contribution >= 0.6 is 11.3 Å². The fraction of sp³-hybridized carbons (Fsp3) is 0.588. The normalized spacial score (nSPS) is 21.5. The van der Waals surface area contributed by atoms with Crippen LogP contribution in [0.4, 0.5) is 5.13 Å². The minimum absolute atomic E-state index is 0.354. The van der Waals surface area contributed by atoms with E-state index in [1.807, 2.05) is 0 Å². The van der Waals surface area contributed by atoms with E-state index in [0.717, 1.165) is 36.4 Å². The third-order valence-corrected chi connectivity index (χ3v) is 5.48. The summed E-state index contributed by atoms with van der Waals surface area (Å²) in [6.45, 7) is 6.20. The Morgan fingerprint density at radius 2 is 2.23 bits per heavy atom. The molecule has 2 fully saturated rings. The molecule has 0 radical (unpaired) electrons. The molecule has 1 N–H and O–H groups in total. The van der Waals surface area contributed by atoms with Crippen LogP contribution in [0, 0.1) is 13.8 Å². The first-order chi connectivity index (χ1) is 10.7. The Balaban J connectivity index is 1.50. The molecule has 1 aliphatic heterocycles. The molecule has 4 rings (SSSR count). The van der Waals surface area contributed by atoms with Crippen molar-refractivity contribution in [3.63, 3.8) is 0 Å². The summed E-state index contributed by atoms with van der Waals surface area (Å²) in [6, 6.07) is 3.01. The summed E-state index contributed by atoms with van der Waals surface area (Å²) in [5, 5.41) is 6.59. The molecule has 1 saturated heterocycles.